The van der Waals surface area contributed by atoms with E-state index in [1.165, 1.54) is 0 Å². The molecule has 0 spiro atoms. The molecule has 1 aromatic rings. The first kappa shape index (κ1) is 12.2. The molecule has 1 heterocycles. The van der Waals surface area contributed by atoms with Gasteiger partial charge in [-0.15, -0.1) is 5.10 Å². The summed E-state index contributed by atoms with van der Waals surface area (Å²) in [6.45, 7) is 5.07. The summed E-state index contributed by atoms with van der Waals surface area (Å²) in [6.07, 6.45) is 0. The molecular weight excluding hydrogens is 212 g/mol. The van der Waals surface area contributed by atoms with Crippen molar-refractivity contribution < 1.29 is 14.7 Å². The predicted octanol–water partition coefficient (Wildman–Crippen LogP) is -0.0479. The molecule has 0 bridgehead atoms. The van der Waals surface area contributed by atoms with Crippen LogP contribution in [0.2, 0.25) is 0 Å². The number of carboxylic acids is 1. The summed E-state index contributed by atoms with van der Waals surface area (Å²) in [5, 5.41) is 17.4. The van der Waals surface area contributed by atoms with E-state index in [-0.39, 0.29) is 11.7 Å². The first-order chi connectivity index (χ1) is 7.41. The molecule has 0 radical (unpaired) electrons. The number of H-pyrrole nitrogens is 1. The minimum atomic E-state index is -1.07. The number of carbonyl (C=O) groups is 2. The van der Waals surface area contributed by atoms with E-state index in [9.17, 15) is 9.59 Å². The van der Waals surface area contributed by atoms with Crippen LogP contribution < -0.4 is 5.32 Å². The zero-order chi connectivity index (χ0) is 12.3. The number of carbonyl (C=O) groups excluding carboxylic acids is 1. The fraction of sp³-hybridized carbons (Fsp3) is 0.556. The average molecular weight is 226 g/mol. The molecule has 0 aliphatic heterocycles. The van der Waals surface area contributed by atoms with Gasteiger partial charge in [0.2, 0.25) is 5.82 Å². The highest BCUT2D eigenvalue weighted by Crippen LogP contribution is 2.02. The molecule has 0 aliphatic rings. The number of carboxylic acid groups (broad SMARTS) is 1. The molecule has 0 aliphatic carbocycles. The fourth-order valence-corrected chi connectivity index (χ4v) is 1.16. The van der Waals surface area contributed by atoms with E-state index < -0.39 is 17.9 Å². The summed E-state index contributed by atoms with van der Waals surface area (Å²) in [7, 11) is 0. The van der Waals surface area contributed by atoms with Crippen LogP contribution in [0.3, 0.4) is 0 Å². The molecule has 1 rings (SSSR count). The maximum Gasteiger partial charge on any atom is 0.326 e. The van der Waals surface area contributed by atoms with Gasteiger partial charge in [0.05, 0.1) is 0 Å². The van der Waals surface area contributed by atoms with Crippen LogP contribution in [0, 0.1) is 12.8 Å². The van der Waals surface area contributed by atoms with E-state index in [1.54, 1.807) is 20.8 Å². The van der Waals surface area contributed by atoms with Crippen LogP contribution in [0.5, 0.6) is 0 Å². The first-order valence-electron chi connectivity index (χ1n) is 4.84. The molecule has 7 heteroatoms. The molecule has 7 nitrogen and oxygen atoms in total. The molecule has 3 N–H and O–H groups in total. The molecule has 88 valence electrons. The van der Waals surface area contributed by atoms with E-state index in [1.807, 2.05) is 0 Å². The molecule has 0 unspecified atom stereocenters. The lowest BCUT2D eigenvalue weighted by atomic mass is 10.1. The lowest BCUT2D eigenvalue weighted by Crippen LogP contribution is -2.44. The number of amides is 1. The third kappa shape index (κ3) is 2.78. The summed E-state index contributed by atoms with van der Waals surface area (Å²) in [5.74, 6) is -1.42. The molecular formula is C9H14N4O3. The normalized spacial score (nSPS) is 12.5. The van der Waals surface area contributed by atoms with Crippen molar-refractivity contribution in [3.8, 4) is 0 Å². The monoisotopic (exact) mass is 226 g/mol. The smallest absolute Gasteiger partial charge is 0.326 e. The van der Waals surface area contributed by atoms with Crippen LogP contribution in [0.15, 0.2) is 0 Å². The van der Waals surface area contributed by atoms with Crippen molar-refractivity contribution in [3.63, 3.8) is 0 Å². The standard InChI is InChI=1S/C9H14N4O3/c1-4(2)6(9(15)16)11-8(14)7-10-5(3)12-13-7/h4,6H,1-3H3,(H,11,14)(H,15,16)(H,10,12,13)/t6-/m1/s1. The highest BCUT2D eigenvalue weighted by molar-refractivity contribution is 5.93. The fourth-order valence-electron chi connectivity index (χ4n) is 1.16. The van der Waals surface area contributed by atoms with E-state index >= 15 is 0 Å². The van der Waals surface area contributed by atoms with Gasteiger partial charge < -0.3 is 10.4 Å². The van der Waals surface area contributed by atoms with E-state index in [4.69, 9.17) is 5.11 Å². The van der Waals surface area contributed by atoms with Crippen molar-refractivity contribution >= 4 is 11.9 Å². The largest absolute Gasteiger partial charge is 0.480 e. The zero-order valence-corrected chi connectivity index (χ0v) is 9.31. The van der Waals surface area contributed by atoms with Gasteiger partial charge in [-0.1, -0.05) is 13.8 Å². The van der Waals surface area contributed by atoms with Crippen LogP contribution in [-0.4, -0.2) is 38.2 Å². The Morgan fingerprint density at radius 2 is 2.06 bits per heavy atom. The number of nitrogens with one attached hydrogen (secondary N) is 2. The molecule has 1 amide bonds. The zero-order valence-electron chi connectivity index (χ0n) is 9.31. The van der Waals surface area contributed by atoms with E-state index in [2.05, 4.69) is 20.5 Å². The third-order valence-electron chi connectivity index (χ3n) is 2.02. The van der Waals surface area contributed by atoms with Crippen molar-refractivity contribution in [2.45, 2.75) is 26.8 Å². The van der Waals surface area contributed by atoms with Crippen molar-refractivity contribution in [1.82, 2.24) is 20.5 Å². The van der Waals surface area contributed by atoms with Crippen LogP contribution in [-0.2, 0) is 4.79 Å². The second-order valence-corrected chi connectivity index (χ2v) is 3.78. The number of nitrogens with zero attached hydrogens (tertiary/aromatic N) is 2. The molecule has 0 saturated heterocycles. The number of aliphatic carboxylic acids is 1. The topological polar surface area (TPSA) is 108 Å². The molecule has 16 heavy (non-hydrogen) atoms. The van der Waals surface area contributed by atoms with Crippen molar-refractivity contribution in [3.05, 3.63) is 11.6 Å². The highest BCUT2D eigenvalue weighted by atomic mass is 16.4. The van der Waals surface area contributed by atoms with Crippen LogP contribution in [0.4, 0.5) is 0 Å². The second kappa shape index (κ2) is 4.73. The van der Waals surface area contributed by atoms with Gasteiger partial charge in [-0.25, -0.2) is 9.78 Å². The lowest BCUT2D eigenvalue weighted by molar-refractivity contribution is -0.140. The summed E-state index contributed by atoms with van der Waals surface area (Å²) in [5.41, 5.74) is 0. The molecule has 1 atom stereocenters. The van der Waals surface area contributed by atoms with Crippen LogP contribution >= 0.6 is 0 Å². The quantitative estimate of drug-likeness (QED) is 0.667. The van der Waals surface area contributed by atoms with Gasteiger partial charge in [-0.05, 0) is 12.8 Å². The Hall–Kier alpha value is -1.92. The van der Waals surface area contributed by atoms with Gasteiger partial charge in [0, 0.05) is 0 Å². The number of aromatic nitrogens is 3. The Morgan fingerprint density at radius 1 is 1.44 bits per heavy atom. The van der Waals surface area contributed by atoms with Gasteiger partial charge in [0.25, 0.3) is 5.91 Å². The summed E-state index contributed by atoms with van der Waals surface area (Å²) >= 11 is 0. The lowest BCUT2D eigenvalue weighted by Gasteiger charge is -2.16. The molecule has 0 saturated carbocycles. The van der Waals surface area contributed by atoms with Crippen LogP contribution in [0.1, 0.15) is 30.3 Å². The average Bonchev–Trinajstić information content (AvgIpc) is 2.59. The highest BCUT2D eigenvalue weighted by Gasteiger charge is 2.25. The van der Waals surface area contributed by atoms with Gasteiger partial charge in [0.15, 0.2) is 0 Å². The van der Waals surface area contributed by atoms with Crippen molar-refractivity contribution in [1.29, 1.82) is 0 Å². The third-order valence-corrected chi connectivity index (χ3v) is 2.02. The molecule has 0 aromatic carbocycles. The minimum absolute atomic E-state index is 0.0515. The van der Waals surface area contributed by atoms with Gasteiger partial charge in [-0.2, -0.15) is 0 Å². The number of hydrogen-bond acceptors (Lipinski definition) is 4. The van der Waals surface area contributed by atoms with E-state index in [0.29, 0.717) is 5.82 Å². The first-order valence-corrected chi connectivity index (χ1v) is 4.84. The van der Waals surface area contributed by atoms with Gasteiger partial charge in [0.1, 0.15) is 11.9 Å². The maximum absolute atomic E-state index is 11.6. The maximum atomic E-state index is 11.6. The molecule has 1 aromatic heterocycles. The SMILES string of the molecule is Cc1nc(C(=O)N[C@@H](C(=O)O)C(C)C)n[nH]1. The van der Waals surface area contributed by atoms with Crippen LogP contribution in [0.25, 0.3) is 0 Å². The number of aryl methyl sites for hydroxylation is 1. The Kier molecular flexibility index (Phi) is 3.60. The van der Waals surface area contributed by atoms with E-state index in [0.717, 1.165) is 0 Å². The number of hydrogen-bond donors (Lipinski definition) is 3. The Bertz CT molecular complexity index is 399. The predicted molar refractivity (Wildman–Crippen MR) is 54.8 cm³/mol. The van der Waals surface area contributed by atoms with Gasteiger partial charge in [-0.3, -0.25) is 9.89 Å². The Morgan fingerprint density at radius 3 is 2.44 bits per heavy atom. The Balaban J connectivity index is 2.73. The summed E-state index contributed by atoms with van der Waals surface area (Å²) in [6, 6.07) is -0.939. The minimum Gasteiger partial charge on any atom is -0.480 e. The van der Waals surface area contributed by atoms with Gasteiger partial charge >= 0.3 is 5.97 Å². The van der Waals surface area contributed by atoms with Crippen molar-refractivity contribution in [2.24, 2.45) is 5.92 Å². The number of rotatable bonds is 4. The number of aromatic amines is 1. The summed E-state index contributed by atoms with van der Waals surface area (Å²) < 4.78 is 0. The van der Waals surface area contributed by atoms with Crippen molar-refractivity contribution in [2.75, 3.05) is 0 Å². The Labute approximate surface area is 92.3 Å². The molecule has 0 fully saturated rings. The second-order valence-electron chi connectivity index (χ2n) is 3.78. The summed E-state index contributed by atoms with van der Waals surface area (Å²) in [4.78, 5) is 26.2.